The molecule has 3 heterocycles. The Morgan fingerprint density at radius 3 is 2.90 bits per heavy atom. The number of nitrogens with one attached hydrogen (secondary N) is 1. The number of imidazole rings is 1. The first-order chi connectivity index (χ1) is 14.7. The highest BCUT2D eigenvalue weighted by Gasteiger charge is 2.26. The lowest BCUT2D eigenvalue weighted by atomic mass is 10.1. The number of nitrogens with zero attached hydrogens (tertiary/aromatic N) is 3. The number of carbonyl (C=O) groups is 1. The third-order valence-electron chi connectivity index (χ3n) is 5.39. The molecule has 3 N–H and O–H groups in total. The van der Waals surface area contributed by atoms with Crippen LogP contribution in [-0.4, -0.2) is 32.8 Å². The molecule has 0 radical (unpaired) electrons. The molecule has 4 rings (SSSR count). The quantitative estimate of drug-likeness (QED) is 0.360. The van der Waals surface area contributed by atoms with Gasteiger partial charge < -0.3 is 19.9 Å². The van der Waals surface area contributed by atoms with Gasteiger partial charge >= 0.3 is 0 Å². The van der Waals surface area contributed by atoms with Gasteiger partial charge in [0.15, 0.2) is 0 Å². The van der Waals surface area contributed by atoms with Crippen LogP contribution in [0.3, 0.4) is 0 Å². The fraction of sp³-hybridized carbons (Fsp3) is 0.455. The summed E-state index contributed by atoms with van der Waals surface area (Å²) in [6.07, 6.45) is 11.0. The summed E-state index contributed by atoms with van der Waals surface area (Å²) in [7, 11) is 1.63. The Hall–Kier alpha value is -3.00. The lowest BCUT2D eigenvalue weighted by Crippen LogP contribution is -2.12. The summed E-state index contributed by atoms with van der Waals surface area (Å²) in [5.41, 5.74) is 9.05. The molecule has 0 amide bonds. The van der Waals surface area contributed by atoms with Gasteiger partial charge in [0.05, 0.1) is 30.6 Å². The molecule has 30 heavy (non-hydrogen) atoms. The second-order valence-electron chi connectivity index (χ2n) is 7.70. The van der Waals surface area contributed by atoms with Crippen LogP contribution in [0.2, 0.25) is 0 Å². The summed E-state index contributed by atoms with van der Waals surface area (Å²) in [4.78, 5) is 28.2. The molecule has 1 saturated carbocycles. The molecule has 3 aromatic heterocycles. The number of hydrogen-bond acceptors (Lipinski definition) is 7. The van der Waals surface area contributed by atoms with E-state index in [9.17, 15) is 4.79 Å². The van der Waals surface area contributed by atoms with Gasteiger partial charge in [0.1, 0.15) is 12.1 Å². The minimum Gasteiger partial charge on any atom is -0.480 e. The summed E-state index contributed by atoms with van der Waals surface area (Å²) >= 11 is 0. The number of ether oxygens (including phenoxy) is 1. The highest BCUT2D eigenvalue weighted by molar-refractivity contribution is 5.91. The van der Waals surface area contributed by atoms with Crippen molar-refractivity contribution in [3.8, 4) is 17.1 Å². The molecular formula is C22H27N5O3. The van der Waals surface area contributed by atoms with Crippen molar-refractivity contribution in [2.75, 3.05) is 7.11 Å². The minimum absolute atomic E-state index is 0.0600. The fourth-order valence-electron chi connectivity index (χ4n) is 3.51. The van der Waals surface area contributed by atoms with E-state index in [1.165, 1.54) is 25.3 Å². The number of hydrogen-bond donors (Lipinski definition) is 2. The number of ketones is 1. The molecule has 0 unspecified atom stereocenters. The first kappa shape index (κ1) is 20.3. The van der Waals surface area contributed by atoms with Crippen LogP contribution in [0.25, 0.3) is 11.3 Å². The number of Topliss-reactive ketones (excluding diaryl/α,β-unsaturated/α-hetero) is 1. The molecule has 1 atom stereocenters. The van der Waals surface area contributed by atoms with Crippen molar-refractivity contribution in [3.05, 3.63) is 48.2 Å². The lowest BCUT2D eigenvalue weighted by Gasteiger charge is -2.09. The molecule has 3 aromatic rings. The first-order valence-corrected chi connectivity index (χ1v) is 10.4. The number of carbonyl (C=O) groups excluding carboxylic acids is 1. The Labute approximate surface area is 175 Å². The van der Waals surface area contributed by atoms with E-state index in [-0.39, 0.29) is 17.7 Å². The maximum Gasteiger partial charge on any atom is 0.263 e. The molecule has 0 bridgehead atoms. The van der Waals surface area contributed by atoms with E-state index in [4.69, 9.17) is 14.9 Å². The SMILES string of the molecule is COc1nc(C2CC2)ccc1-c1c[nH]c([C@@H](N)CCCCCC(=O)c2ncco2)n1. The number of rotatable bonds is 11. The van der Waals surface area contributed by atoms with Gasteiger partial charge in [-0.15, -0.1) is 0 Å². The van der Waals surface area contributed by atoms with Crippen molar-refractivity contribution in [1.29, 1.82) is 0 Å². The Balaban J connectivity index is 1.28. The molecular weight excluding hydrogens is 382 g/mol. The first-order valence-electron chi connectivity index (χ1n) is 10.4. The smallest absolute Gasteiger partial charge is 0.263 e. The van der Waals surface area contributed by atoms with Gasteiger partial charge in [-0.1, -0.05) is 12.8 Å². The summed E-state index contributed by atoms with van der Waals surface area (Å²) in [5.74, 6) is 2.04. The van der Waals surface area contributed by atoms with Gasteiger partial charge in [-0.2, -0.15) is 0 Å². The molecule has 0 aliphatic heterocycles. The molecule has 158 valence electrons. The third kappa shape index (κ3) is 4.76. The number of methoxy groups -OCH3 is 1. The van der Waals surface area contributed by atoms with Crippen LogP contribution in [0, 0.1) is 0 Å². The van der Waals surface area contributed by atoms with E-state index in [0.717, 1.165) is 48.5 Å². The average molecular weight is 409 g/mol. The van der Waals surface area contributed by atoms with Gasteiger partial charge in [-0.3, -0.25) is 4.79 Å². The van der Waals surface area contributed by atoms with Gasteiger partial charge in [-0.25, -0.2) is 15.0 Å². The van der Waals surface area contributed by atoms with Crippen LogP contribution >= 0.6 is 0 Å². The molecule has 1 aliphatic rings. The number of unbranched alkanes of at least 4 members (excludes halogenated alkanes) is 2. The summed E-state index contributed by atoms with van der Waals surface area (Å²) in [6.45, 7) is 0. The minimum atomic E-state index is -0.189. The van der Waals surface area contributed by atoms with Crippen molar-refractivity contribution in [3.63, 3.8) is 0 Å². The van der Waals surface area contributed by atoms with Gasteiger partial charge in [-0.05, 0) is 37.8 Å². The number of aromatic amines is 1. The maximum absolute atomic E-state index is 11.9. The Bertz CT molecular complexity index is 979. The number of pyridine rings is 1. The second-order valence-corrected chi connectivity index (χ2v) is 7.70. The Kier molecular flexibility index (Phi) is 6.23. The van der Waals surface area contributed by atoms with E-state index in [1.807, 2.05) is 12.3 Å². The number of nitrogens with two attached hydrogens (primary N) is 1. The van der Waals surface area contributed by atoms with E-state index >= 15 is 0 Å². The molecule has 1 aliphatic carbocycles. The van der Waals surface area contributed by atoms with Gasteiger partial charge in [0, 0.05) is 24.2 Å². The Morgan fingerprint density at radius 1 is 1.30 bits per heavy atom. The number of oxazole rings is 1. The van der Waals surface area contributed by atoms with Crippen LogP contribution in [0.4, 0.5) is 0 Å². The highest BCUT2D eigenvalue weighted by Crippen LogP contribution is 2.41. The van der Waals surface area contributed by atoms with Crippen molar-refractivity contribution in [2.45, 2.75) is 56.9 Å². The topological polar surface area (TPSA) is 120 Å². The third-order valence-corrected chi connectivity index (χ3v) is 5.39. The van der Waals surface area contributed by atoms with E-state index in [0.29, 0.717) is 18.2 Å². The molecule has 8 nitrogen and oxygen atoms in total. The molecule has 0 spiro atoms. The van der Waals surface area contributed by atoms with E-state index in [2.05, 4.69) is 26.0 Å². The zero-order valence-corrected chi connectivity index (χ0v) is 17.1. The van der Waals surface area contributed by atoms with E-state index < -0.39 is 0 Å². The van der Waals surface area contributed by atoms with Crippen LogP contribution in [0.15, 0.2) is 35.2 Å². The average Bonchev–Trinajstić information content (AvgIpc) is 3.26. The monoisotopic (exact) mass is 409 g/mol. The highest BCUT2D eigenvalue weighted by atomic mass is 16.5. The zero-order valence-electron chi connectivity index (χ0n) is 17.1. The van der Waals surface area contributed by atoms with Crippen LogP contribution in [-0.2, 0) is 0 Å². The number of aromatic nitrogens is 4. The van der Waals surface area contributed by atoms with Crippen molar-refractivity contribution >= 4 is 5.78 Å². The van der Waals surface area contributed by atoms with Gasteiger partial charge in [0.2, 0.25) is 11.7 Å². The summed E-state index contributed by atoms with van der Waals surface area (Å²) in [6, 6.07) is 3.89. The van der Waals surface area contributed by atoms with Crippen molar-refractivity contribution in [2.24, 2.45) is 5.73 Å². The summed E-state index contributed by atoms with van der Waals surface area (Å²) < 4.78 is 10.5. The zero-order chi connectivity index (χ0) is 20.9. The van der Waals surface area contributed by atoms with Crippen molar-refractivity contribution < 1.29 is 13.9 Å². The summed E-state index contributed by atoms with van der Waals surface area (Å²) in [5, 5.41) is 0. The predicted octanol–water partition coefficient (Wildman–Crippen LogP) is 4.18. The molecule has 0 aromatic carbocycles. The van der Waals surface area contributed by atoms with Crippen LogP contribution in [0.1, 0.15) is 79.1 Å². The van der Waals surface area contributed by atoms with E-state index in [1.54, 1.807) is 7.11 Å². The second kappa shape index (κ2) is 9.21. The molecule has 0 saturated heterocycles. The molecule has 8 heteroatoms. The Morgan fingerprint density at radius 2 is 2.17 bits per heavy atom. The molecule has 1 fully saturated rings. The van der Waals surface area contributed by atoms with Gasteiger partial charge in [0.25, 0.3) is 5.89 Å². The maximum atomic E-state index is 11.9. The fourth-order valence-corrected chi connectivity index (χ4v) is 3.51. The number of H-pyrrole nitrogens is 1. The lowest BCUT2D eigenvalue weighted by molar-refractivity contribution is 0.0945. The standard InChI is InChI=1S/C22H27N5O3/c1-29-21-15(9-10-17(27-21)14-7-8-14)18-13-25-20(26-18)16(23)5-3-2-4-6-19(28)22-24-11-12-30-22/h9-14,16H,2-8,23H2,1H3,(H,25,26)/t16-/m0/s1. The van der Waals surface area contributed by atoms with Crippen molar-refractivity contribution in [1.82, 2.24) is 19.9 Å². The van der Waals surface area contributed by atoms with Crippen LogP contribution < -0.4 is 10.5 Å². The largest absolute Gasteiger partial charge is 0.480 e. The predicted molar refractivity (Wildman–Crippen MR) is 111 cm³/mol. The normalized spacial score (nSPS) is 14.6. The van der Waals surface area contributed by atoms with Crippen LogP contribution in [0.5, 0.6) is 5.88 Å².